The van der Waals surface area contributed by atoms with Crippen molar-refractivity contribution in [3.8, 4) is 0 Å². The minimum absolute atomic E-state index is 0. The van der Waals surface area contributed by atoms with Gasteiger partial charge in [-0.25, -0.2) is 13.1 Å². The maximum absolute atomic E-state index is 11.6. The van der Waals surface area contributed by atoms with Gasteiger partial charge in [-0.2, -0.15) is 0 Å². The fourth-order valence-corrected chi connectivity index (χ4v) is 4.54. The summed E-state index contributed by atoms with van der Waals surface area (Å²) < 4.78 is 25.7. The second-order valence-corrected chi connectivity index (χ2v) is 9.87. The van der Waals surface area contributed by atoms with E-state index in [4.69, 9.17) is 4.99 Å². The molecule has 0 bridgehead atoms. The SMILES string of the molecule is CCNC(=NCC(C)(C)NS(C)(=O)=O)N1CCN(c2cccc(C)c2C)CC1.I. The van der Waals surface area contributed by atoms with Gasteiger partial charge in [0.15, 0.2) is 5.96 Å². The molecular formula is C20H36IN5O2S. The van der Waals surface area contributed by atoms with Crippen LogP contribution in [0.2, 0.25) is 0 Å². The second kappa shape index (κ2) is 10.8. The first kappa shape index (κ1) is 26.0. The van der Waals surface area contributed by atoms with Gasteiger partial charge < -0.3 is 15.1 Å². The van der Waals surface area contributed by atoms with Crippen LogP contribution in [0.5, 0.6) is 0 Å². The summed E-state index contributed by atoms with van der Waals surface area (Å²) in [5.74, 6) is 0.839. The predicted octanol–water partition coefficient (Wildman–Crippen LogP) is 2.34. The van der Waals surface area contributed by atoms with Crippen molar-refractivity contribution in [1.29, 1.82) is 0 Å². The molecule has 0 aromatic heterocycles. The highest BCUT2D eigenvalue weighted by molar-refractivity contribution is 14.0. The summed E-state index contributed by atoms with van der Waals surface area (Å²) in [4.78, 5) is 9.39. The Hall–Kier alpha value is -1.07. The van der Waals surface area contributed by atoms with Gasteiger partial charge in [0.2, 0.25) is 10.0 Å². The number of hydrogen-bond donors (Lipinski definition) is 2. The van der Waals surface area contributed by atoms with Crippen LogP contribution in [0.1, 0.15) is 31.9 Å². The lowest BCUT2D eigenvalue weighted by molar-refractivity contribution is 0.369. The first-order valence-electron chi connectivity index (χ1n) is 9.86. The van der Waals surface area contributed by atoms with E-state index in [1.807, 2.05) is 20.8 Å². The minimum atomic E-state index is -3.27. The number of benzene rings is 1. The molecule has 0 radical (unpaired) electrons. The number of nitrogens with zero attached hydrogens (tertiary/aromatic N) is 3. The van der Waals surface area contributed by atoms with Crippen LogP contribution in [0.4, 0.5) is 5.69 Å². The van der Waals surface area contributed by atoms with Crippen LogP contribution < -0.4 is 14.9 Å². The summed E-state index contributed by atoms with van der Waals surface area (Å²) in [5.41, 5.74) is 3.33. The number of nitrogens with one attached hydrogen (secondary N) is 2. The Morgan fingerprint density at radius 1 is 1.17 bits per heavy atom. The Balaban J connectivity index is 0.00000420. The number of aryl methyl sites for hydroxylation is 1. The van der Waals surface area contributed by atoms with E-state index in [2.05, 4.69) is 51.9 Å². The van der Waals surface area contributed by atoms with Gasteiger partial charge in [0.05, 0.1) is 12.8 Å². The molecule has 0 atom stereocenters. The lowest BCUT2D eigenvalue weighted by Gasteiger charge is -2.38. The largest absolute Gasteiger partial charge is 0.368 e. The van der Waals surface area contributed by atoms with E-state index >= 15 is 0 Å². The Kier molecular flexibility index (Phi) is 9.68. The normalized spacial score (nSPS) is 15.9. The summed E-state index contributed by atoms with van der Waals surface area (Å²) in [5, 5.41) is 3.34. The highest BCUT2D eigenvalue weighted by atomic mass is 127. The molecule has 1 aliphatic rings. The monoisotopic (exact) mass is 537 g/mol. The number of hydrogen-bond acceptors (Lipinski definition) is 4. The molecule has 1 aliphatic heterocycles. The molecule has 1 fully saturated rings. The molecule has 166 valence electrons. The van der Waals surface area contributed by atoms with Crippen molar-refractivity contribution in [2.24, 2.45) is 4.99 Å². The van der Waals surface area contributed by atoms with Crippen molar-refractivity contribution in [3.63, 3.8) is 0 Å². The standard InChI is InChI=1S/C20H35N5O2S.HI/c1-7-21-19(22-15-20(4,5)23-28(6,26)27)25-13-11-24(12-14-25)18-10-8-9-16(2)17(18)3;/h8-10,23H,7,11-15H2,1-6H3,(H,21,22);1H. The topological polar surface area (TPSA) is 77.0 Å². The summed E-state index contributed by atoms with van der Waals surface area (Å²) in [6.45, 7) is 14.8. The molecule has 1 aromatic rings. The molecular weight excluding hydrogens is 501 g/mol. The molecule has 7 nitrogen and oxygen atoms in total. The van der Waals surface area contributed by atoms with Gasteiger partial charge in [-0.05, 0) is 51.8 Å². The molecule has 9 heteroatoms. The van der Waals surface area contributed by atoms with Crippen LogP contribution in [0, 0.1) is 13.8 Å². The Bertz CT molecular complexity index is 803. The third-order valence-electron chi connectivity index (χ3n) is 4.92. The first-order valence-corrected chi connectivity index (χ1v) is 11.7. The van der Waals surface area contributed by atoms with Gasteiger partial charge in [-0.3, -0.25) is 4.99 Å². The molecule has 2 N–H and O–H groups in total. The maximum atomic E-state index is 11.6. The highest BCUT2D eigenvalue weighted by Crippen LogP contribution is 2.23. The molecule has 1 heterocycles. The van der Waals surface area contributed by atoms with Crippen LogP contribution in [0.15, 0.2) is 23.2 Å². The van der Waals surface area contributed by atoms with E-state index < -0.39 is 15.6 Å². The fraction of sp³-hybridized carbons (Fsp3) is 0.650. The van der Waals surface area contributed by atoms with E-state index in [1.54, 1.807) is 0 Å². The number of aliphatic imine (C=N–C) groups is 1. The van der Waals surface area contributed by atoms with E-state index in [1.165, 1.54) is 23.1 Å². The quantitative estimate of drug-likeness (QED) is 0.331. The van der Waals surface area contributed by atoms with Crippen LogP contribution >= 0.6 is 24.0 Å². The zero-order valence-corrected chi connectivity index (χ0v) is 21.6. The van der Waals surface area contributed by atoms with Crippen LogP contribution in [-0.2, 0) is 10.0 Å². The third-order valence-corrected chi connectivity index (χ3v) is 5.84. The van der Waals surface area contributed by atoms with Gasteiger partial charge in [-0.15, -0.1) is 24.0 Å². The highest BCUT2D eigenvalue weighted by Gasteiger charge is 2.24. The zero-order valence-electron chi connectivity index (χ0n) is 18.4. The van der Waals surface area contributed by atoms with Gasteiger partial charge in [0.25, 0.3) is 0 Å². The van der Waals surface area contributed by atoms with Gasteiger partial charge >= 0.3 is 0 Å². The van der Waals surface area contributed by atoms with Crippen molar-refractivity contribution in [2.45, 2.75) is 40.2 Å². The molecule has 29 heavy (non-hydrogen) atoms. The predicted molar refractivity (Wildman–Crippen MR) is 133 cm³/mol. The first-order chi connectivity index (χ1) is 13.0. The molecule has 2 rings (SSSR count). The van der Waals surface area contributed by atoms with Crippen LogP contribution in [0.3, 0.4) is 0 Å². The van der Waals surface area contributed by atoms with Crippen molar-refractivity contribution >= 4 is 45.6 Å². The van der Waals surface area contributed by atoms with E-state index in [-0.39, 0.29) is 24.0 Å². The van der Waals surface area contributed by atoms with Crippen molar-refractivity contribution in [2.75, 3.05) is 50.4 Å². The van der Waals surface area contributed by atoms with Crippen molar-refractivity contribution in [3.05, 3.63) is 29.3 Å². The molecule has 0 amide bonds. The number of sulfonamides is 1. The van der Waals surface area contributed by atoms with Gasteiger partial charge in [0.1, 0.15) is 0 Å². The Morgan fingerprint density at radius 2 is 1.79 bits per heavy atom. The molecule has 0 unspecified atom stereocenters. The molecule has 1 aromatic carbocycles. The number of halogens is 1. The van der Waals surface area contributed by atoms with Gasteiger partial charge in [0, 0.05) is 44.0 Å². The fourth-order valence-electron chi connectivity index (χ4n) is 3.47. The molecule has 0 saturated carbocycles. The average molecular weight is 538 g/mol. The maximum Gasteiger partial charge on any atom is 0.209 e. The average Bonchev–Trinajstić information content (AvgIpc) is 2.59. The van der Waals surface area contributed by atoms with Crippen LogP contribution in [0.25, 0.3) is 0 Å². The number of rotatable bonds is 6. The van der Waals surface area contributed by atoms with E-state index in [0.717, 1.165) is 38.7 Å². The molecule has 0 spiro atoms. The van der Waals surface area contributed by atoms with Crippen molar-refractivity contribution in [1.82, 2.24) is 14.9 Å². The summed E-state index contributed by atoms with van der Waals surface area (Å²) in [6.07, 6.45) is 1.18. The lowest BCUT2D eigenvalue weighted by Crippen LogP contribution is -2.53. The lowest BCUT2D eigenvalue weighted by atomic mass is 10.1. The van der Waals surface area contributed by atoms with Crippen molar-refractivity contribution < 1.29 is 8.42 Å². The third kappa shape index (κ3) is 7.93. The summed E-state index contributed by atoms with van der Waals surface area (Å²) in [6, 6.07) is 6.46. The second-order valence-electron chi connectivity index (χ2n) is 8.12. The Morgan fingerprint density at radius 3 is 2.34 bits per heavy atom. The van der Waals surface area contributed by atoms with Gasteiger partial charge in [-0.1, -0.05) is 12.1 Å². The zero-order chi connectivity index (χ0) is 20.9. The van der Waals surface area contributed by atoms with E-state index in [9.17, 15) is 8.42 Å². The minimum Gasteiger partial charge on any atom is -0.368 e. The van der Waals surface area contributed by atoms with E-state index in [0.29, 0.717) is 6.54 Å². The number of anilines is 1. The molecule has 0 aliphatic carbocycles. The number of guanidine groups is 1. The Labute approximate surface area is 193 Å². The summed E-state index contributed by atoms with van der Waals surface area (Å²) >= 11 is 0. The van der Waals surface area contributed by atoms with Crippen LogP contribution in [-0.4, -0.2) is 70.3 Å². The smallest absolute Gasteiger partial charge is 0.209 e. The molecule has 1 saturated heterocycles. The number of piperazine rings is 1. The summed E-state index contributed by atoms with van der Waals surface area (Å²) in [7, 11) is -3.27.